The summed E-state index contributed by atoms with van der Waals surface area (Å²) in [5.74, 6) is -1.32. The summed E-state index contributed by atoms with van der Waals surface area (Å²) in [4.78, 5) is 34.4. The Morgan fingerprint density at radius 2 is 1.76 bits per heavy atom. The van der Waals surface area contributed by atoms with Crippen LogP contribution >= 0.6 is 0 Å². The van der Waals surface area contributed by atoms with Crippen molar-refractivity contribution in [2.45, 2.75) is 32.2 Å². The van der Waals surface area contributed by atoms with Gasteiger partial charge in [0.1, 0.15) is 0 Å². The van der Waals surface area contributed by atoms with Crippen LogP contribution in [0.15, 0.2) is 42.5 Å². The van der Waals surface area contributed by atoms with E-state index in [1.54, 1.807) is 13.0 Å². The Hall–Kier alpha value is -2.89. The number of benzene rings is 2. The third kappa shape index (κ3) is 5.91. The first-order valence-corrected chi connectivity index (χ1v) is 8.24. The monoisotopic (exact) mass is 342 g/mol. The van der Waals surface area contributed by atoms with Crippen LogP contribution in [0, 0.1) is 0 Å². The van der Waals surface area contributed by atoms with Crippen molar-refractivity contribution in [3.8, 4) is 0 Å². The molecule has 0 aliphatic carbocycles. The Labute approximate surface area is 146 Å². The highest BCUT2D eigenvalue weighted by Crippen LogP contribution is 2.15. The molecule has 0 bridgehead atoms. The van der Waals surface area contributed by atoms with Gasteiger partial charge < -0.3 is 15.7 Å². The molecule has 1 unspecified atom stereocenters. The molecule has 0 aliphatic rings. The normalized spacial score (nSPS) is 11.7. The predicted octanol–water partition coefficient (Wildman–Crippen LogP) is 2.33. The van der Waals surface area contributed by atoms with Crippen molar-refractivity contribution in [1.29, 1.82) is 0 Å². The average Bonchev–Trinajstić information content (AvgIpc) is 2.59. The summed E-state index contributed by atoms with van der Waals surface area (Å²) in [6.45, 7) is 1.98. The van der Waals surface area contributed by atoms with Crippen LogP contribution in [0.4, 0.5) is 0 Å². The van der Waals surface area contributed by atoms with Crippen molar-refractivity contribution in [1.82, 2.24) is 10.6 Å². The van der Waals surface area contributed by atoms with Crippen LogP contribution in [0.5, 0.6) is 0 Å². The first kappa shape index (κ1) is 18.4. The summed E-state index contributed by atoms with van der Waals surface area (Å²) < 4.78 is 0. The molecule has 2 rings (SSSR count). The van der Waals surface area contributed by atoms with Gasteiger partial charge in [-0.15, -0.1) is 0 Å². The van der Waals surface area contributed by atoms with Gasteiger partial charge in [-0.25, -0.2) is 0 Å². The molecule has 6 heteroatoms. The molecule has 0 aliphatic heterocycles. The number of carbonyl (C=O) groups excluding carboxylic acids is 2. The number of carbonyl (C=O) groups is 3. The Morgan fingerprint density at radius 3 is 2.48 bits per heavy atom. The fourth-order valence-corrected chi connectivity index (χ4v) is 2.48. The third-order valence-electron chi connectivity index (χ3n) is 3.85. The van der Waals surface area contributed by atoms with Gasteiger partial charge in [0.05, 0.1) is 0 Å². The molecular weight excluding hydrogens is 320 g/mol. The Kier molecular flexibility index (Phi) is 6.51. The van der Waals surface area contributed by atoms with Crippen LogP contribution in [0.1, 0.15) is 36.5 Å². The summed E-state index contributed by atoms with van der Waals surface area (Å²) in [7, 11) is 0. The van der Waals surface area contributed by atoms with Crippen molar-refractivity contribution in [2.24, 2.45) is 0 Å². The lowest BCUT2D eigenvalue weighted by Crippen LogP contribution is -2.35. The van der Waals surface area contributed by atoms with Crippen molar-refractivity contribution in [3.05, 3.63) is 48.0 Å². The van der Waals surface area contributed by atoms with E-state index in [1.165, 1.54) is 0 Å². The maximum Gasteiger partial charge on any atom is 0.303 e. The van der Waals surface area contributed by atoms with E-state index in [0.717, 1.165) is 10.8 Å². The number of rotatable bonds is 8. The maximum atomic E-state index is 12.2. The number of nitrogens with one attached hydrogen (secondary N) is 2. The van der Waals surface area contributed by atoms with Gasteiger partial charge in [-0.2, -0.15) is 0 Å². The van der Waals surface area contributed by atoms with Gasteiger partial charge in [0.2, 0.25) is 5.91 Å². The molecule has 2 aromatic carbocycles. The zero-order chi connectivity index (χ0) is 18.2. The van der Waals surface area contributed by atoms with E-state index in [2.05, 4.69) is 10.6 Å². The van der Waals surface area contributed by atoms with Crippen LogP contribution in [0.3, 0.4) is 0 Å². The van der Waals surface area contributed by atoms with Crippen LogP contribution in [-0.2, 0) is 9.59 Å². The van der Waals surface area contributed by atoms with Gasteiger partial charge in [-0.05, 0) is 36.2 Å². The molecule has 0 radical (unpaired) electrons. The van der Waals surface area contributed by atoms with Gasteiger partial charge in [-0.3, -0.25) is 14.4 Å². The summed E-state index contributed by atoms with van der Waals surface area (Å²) in [6, 6.07) is 13.0. The SMILES string of the molecule is CC(CCC(=O)O)NC(=O)CCNC(=O)c1ccc2ccccc2c1. The second kappa shape index (κ2) is 8.82. The first-order valence-electron chi connectivity index (χ1n) is 8.24. The molecule has 3 N–H and O–H groups in total. The molecule has 0 saturated carbocycles. The Morgan fingerprint density at radius 1 is 1.04 bits per heavy atom. The molecule has 2 amide bonds. The number of amides is 2. The minimum Gasteiger partial charge on any atom is -0.481 e. The molecule has 1 atom stereocenters. The molecule has 0 saturated heterocycles. The van der Waals surface area contributed by atoms with E-state index in [4.69, 9.17) is 5.11 Å². The second-order valence-corrected chi connectivity index (χ2v) is 5.97. The molecule has 25 heavy (non-hydrogen) atoms. The number of hydrogen-bond donors (Lipinski definition) is 3. The molecule has 132 valence electrons. The van der Waals surface area contributed by atoms with E-state index < -0.39 is 5.97 Å². The highest BCUT2D eigenvalue weighted by Gasteiger charge is 2.10. The quantitative estimate of drug-likeness (QED) is 0.686. The minimum absolute atomic E-state index is 0.0140. The largest absolute Gasteiger partial charge is 0.481 e. The van der Waals surface area contributed by atoms with E-state index >= 15 is 0 Å². The molecule has 0 spiro atoms. The van der Waals surface area contributed by atoms with Crippen molar-refractivity contribution in [2.75, 3.05) is 6.54 Å². The topological polar surface area (TPSA) is 95.5 Å². The van der Waals surface area contributed by atoms with Crippen LogP contribution in [-0.4, -0.2) is 35.5 Å². The number of carboxylic acids is 1. The van der Waals surface area contributed by atoms with Gasteiger partial charge in [0.15, 0.2) is 0 Å². The Balaban J connectivity index is 1.77. The highest BCUT2D eigenvalue weighted by molar-refractivity contribution is 5.98. The van der Waals surface area contributed by atoms with Crippen molar-refractivity contribution in [3.63, 3.8) is 0 Å². The molecule has 2 aromatic rings. The highest BCUT2D eigenvalue weighted by atomic mass is 16.4. The van der Waals surface area contributed by atoms with Gasteiger partial charge in [0.25, 0.3) is 5.91 Å². The number of carboxylic acid groups (broad SMARTS) is 1. The number of fused-ring (bicyclic) bond motifs is 1. The molecule has 6 nitrogen and oxygen atoms in total. The predicted molar refractivity (Wildman–Crippen MR) is 95.4 cm³/mol. The fraction of sp³-hybridized carbons (Fsp3) is 0.316. The first-order chi connectivity index (χ1) is 12.0. The van der Waals surface area contributed by atoms with E-state index in [0.29, 0.717) is 12.0 Å². The second-order valence-electron chi connectivity index (χ2n) is 5.97. The summed E-state index contributed by atoms with van der Waals surface area (Å²) >= 11 is 0. The minimum atomic E-state index is -0.885. The molecule has 0 aromatic heterocycles. The molecule has 0 heterocycles. The van der Waals surface area contributed by atoms with Gasteiger partial charge in [-0.1, -0.05) is 30.3 Å². The summed E-state index contributed by atoms with van der Waals surface area (Å²) in [5, 5.41) is 16.1. The van der Waals surface area contributed by atoms with E-state index in [1.807, 2.05) is 36.4 Å². The number of hydrogen-bond acceptors (Lipinski definition) is 3. The smallest absolute Gasteiger partial charge is 0.303 e. The fourth-order valence-electron chi connectivity index (χ4n) is 2.48. The molecule has 0 fully saturated rings. The standard InChI is InChI=1S/C19H22N2O4/c1-13(6-9-18(23)24)21-17(22)10-11-20-19(25)16-8-7-14-4-2-3-5-15(14)12-16/h2-5,7-8,12-13H,6,9-11H2,1H3,(H,20,25)(H,21,22)(H,23,24). The van der Waals surface area contributed by atoms with E-state index in [9.17, 15) is 14.4 Å². The zero-order valence-electron chi connectivity index (χ0n) is 14.1. The summed E-state index contributed by atoms with van der Waals surface area (Å²) in [6.07, 6.45) is 0.543. The number of aliphatic carboxylic acids is 1. The van der Waals surface area contributed by atoms with Gasteiger partial charge in [0, 0.05) is 31.0 Å². The lowest BCUT2D eigenvalue weighted by Gasteiger charge is -2.13. The molecular formula is C19H22N2O4. The zero-order valence-corrected chi connectivity index (χ0v) is 14.1. The summed E-state index contributed by atoms with van der Waals surface area (Å²) in [5.41, 5.74) is 0.550. The Bertz CT molecular complexity index is 773. The van der Waals surface area contributed by atoms with Crippen LogP contribution < -0.4 is 10.6 Å². The lowest BCUT2D eigenvalue weighted by molar-refractivity contribution is -0.137. The van der Waals surface area contributed by atoms with Crippen molar-refractivity contribution >= 4 is 28.6 Å². The maximum absolute atomic E-state index is 12.2. The van der Waals surface area contributed by atoms with Crippen LogP contribution in [0.25, 0.3) is 10.8 Å². The van der Waals surface area contributed by atoms with Gasteiger partial charge >= 0.3 is 5.97 Å². The lowest BCUT2D eigenvalue weighted by atomic mass is 10.1. The van der Waals surface area contributed by atoms with Crippen molar-refractivity contribution < 1.29 is 19.5 Å². The van der Waals surface area contributed by atoms with E-state index in [-0.39, 0.29) is 37.2 Å². The van der Waals surface area contributed by atoms with Crippen LogP contribution in [0.2, 0.25) is 0 Å². The average molecular weight is 342 g/mol. The third-order valence-corrected chi connectivity index (χ3v) is 3.85.